The molecule has 0 aromatic carbocycles. The first-order valence-electron chi connectivity index (χ1n) is 5.63. The second-order valence-electron chi connectivity index (χ2n) is 4.68. The van der Waals surface area contributed by atoms with Gasteiger partial charge >= 0.3 is 0 Å². The minimum Gasteiger partial charge on any atom is -0.396 e. The van der Waals surface area contributed by atoms with E-state index in [0.717, 1.165) is 25.1 Å². The lowest BCUT2D eigenvalue weighted by Crippen LogP contribution is -2.28. The van der Waals surface area contributed by atoms with E-state index in [0.29, 0.717) is 12.0 Å². The molecular weight excluding hydrogens is 194 g/mol. The number of aliphatic hydroxyl groups is 1. The van der Waals surface area contributed by atoms with E-state index in [1.54, 1.807) is 0 Å². The minimum atomic E-state index is 0.338. The van der Waals surface area contributed by atoms with E-state index in [1.807, 2.05) is 0 Å². The van der Waals surface area contributed by atoms with Crippen molar-refractivity contribution in [1.29, 1.82) is 0 Å². The molecule has 1 N–H and O–H groups in total. The zero-order valence-electron chi connectivity index (χ0n) is 9.21. The van der Waals surface area contributed by atoms with E-state index in [1.165, 1.54) is 25.8 Å². The molecule has 84 valence electrons. The summed E-state index contributed by atoms with van der Waals surface area (Å²) in [6.45, 7) is 2.70. The first-order chi connectivity index (χ1) is 6.72. The van der Waals surface area contributed by atoms with Gasteiger partial charge in [0, 0.05) is 13.2 Å². The van der Waals surface area contributed by atoms with Crippen LogP contribution in [0.1, 0.15) is 32.1 Å². The first kappa shape index (κ1) is 12.3. The van der Waals surface area contributed by atoms with Gasteiger partial charge in [0.05, 0.1) is 0 Å². The summed E-state index contributed by atoms with van der Waals surface area (Å²) in [6, 6.07) is 0. The molecule has 1 rings (SSSR count). The van der Waals surface area contributed by atoms with E-state index in [9.17, 15) is 0 Å². The molecule has 0 aromatic rings. The molecule has 0 aliphatic heterocycles. The van der Waals surface area contributed by atoms with Crippen LogP contribution in [0.2, 0.25) is 0 Å². The van der Waals surface area contributed by atoms with Crippen LogP contribution in [-0.2, 0) is 0 Å². The third kappa shape index (κ3) is 4.20. The Morgan fingerprint density at radius 1 is 1.29 bits per heavy atom. The molecule has 0 radical (unpaired) electrons. The van der Waals surface area contributed by atoms with Gasteiger partial charge in [0.2, 0.25) is 0 Å². The van der Waals surface area contributed by atoms with E-state index in [-0.39, 0.29) is 0 Å². The summed E-state index contributed by atoms with van der Waals surface area (Å²) < 4.78 is 0. The van der Waals surface area contributed by atoms with Crippen LogP contribution in [0.15, 0.2) is 0 Å². The van der Waals surface area contributed by atoms with Crippen LogP contribution in [0, 0.1) is 5.41 Å². The van der Waals surface area contributed by atoms with Crippen LogP contribution >= 0.6 is 12.6 Å². The summed E-state index contributed by atoms with van der Waals surface area (Å²) in [5.41, 5.74) is 0.550. The summed E-state index contributed by atoms with van der Waals surface area (Å²) in [7, 11) is 2.20. The number of hydrogen-bond donors (Lipinski definition) is 2. The topological polar surface area (TPSA) is 23.5 Å². The summed E-state index contributed by atoms with van der Waals surface area (Å²) in [5, 5.41) is 8.64. The van der Waals surface area contributed by atoms with Crippen molar-refractivity contribution in [3.8, 4) is 0 Å². The Hall–Kier alpha value is 0.270. The fourth-order valence-corrected chi connectivity index (χ4v) is 2.28. The van der Waals surface area contributed by atoms with Crippen LogP contribution in [0.4, 0.5) is 0 Å². The molecule has 3 heteroatoms. The van der Waals surface area contributed by atoms with Crippen molar-refractivity contribution in [2.45, 2.75) is 32.1 Å². The fourth-order valence-electron chi connectivity index (χ4n) is 1.86. The molecule has 0 bridgehead atoms. The first-order valence-corrected chi connectivity index (χ1v) is 6.26. The molecule has 0 saturated heterocycles. The largest absolute Gasteiger partial charge is 0.396 e. The lowest BCUT2D eigenvalue weighted by Gasteiger charge is -2.22. The molecule has 14 heavy (non-hydrogen) atoms. The SMILES string of the molecule is CN(CCCCCO)CC1(CS)CC1. The van der Waals surface area contributed by atoms with E-state index >= 15 is 0 Å². The highest BCUT2D eigenvalue weighted by molar-refractivity contribution is 7.80. The van der Waals surface area contributed by atoms with Crippen molar-refractivity contribution in [3.63, 3.8) is 0 Å². The van der Waals surface area contributed by atoms with Gasteiger partial charge in [0.15, 0.2) is 0 Å². The van der Waals surface area contributed by atoms with E-state index in [2.05, 4.69) is 24.6 Å². The van der Waals surface area contributed by atoms with E-state index in [4.69, 9.17) is 5.11 Å². The predicted molar refractivity (Wildman–Crippen MR) is 64.0 cm³/mol. The van der Waals surface area contributed by atoms with E-state index < -0.39 is 0 Å². The second kappa shape index (κ2) is 5.99. The molecule has 2 nitrogen and oxygen atoms in total. The number of unbranched alkanes of at least 4 members (excludes halogenated alkanes) is 2. The van der Waals surface area contributed by atoms with Crippen LogP contribution < -0.4 is 0 Å². The molecule has 1 aliphatic rings. The smallest absolute Gasteiger partial charge is 0.0431 e. The number of nitrogens with zero attached hydrogens (tertiary/aromatic N) is 1. The Kier molecular flexibility index (Phi) is 5.28. The quantitative estimate of drug-likeness (QED) is 0.478. The Morgan fingerprint density at radius 2 is 2.00 bits per heavy atom. The monoisotopic (exact) mass is 217 g/mol. The maximum atomic E-state index is 8.64. The molecule has 1 saturated carbocycles. The lowest BCUT2D eigenvalue weighted by molar-refractivity contribution is 0.256. The van der Waals surface area contributed by atoms with Crippen molar-refractivity contribution < 1.29 is 5.11 Å². The predicted octanol–water partition coefficient (Wildman–Crippen LogP) is 1.79. The maximum Gasteiger partial charge on any atom is 0.0431 e. The lowest BCUT2D eigenvalue weighted by atomic mass is 10.1. The summed E-state index contributed by atoms with van der Waals surface area (Å²) in [5.74, 6) is 1.04. The van der Waals surface area contributed by atoms with Gasteiger partial charge in [-0.05, 0) is 56.9 Å². The van der Waals surface area contributed by atoms with Gasteiger partial charge in [-0.2, -0.15) is 12.6 Å². The Bertz CT molecular complexity index is 159. The number of rotatable bonds is 8. The average molecular weight is 217 g/mol. The summed E-state index contributed by atoms with van der Waals surface area (Å²) in [6.07, 6.45) is 6.02. The van der Waals surface area contributed by atoms with Crippen LogP contribution in [0.3, 0.4) is 0 Å². The molecule has 1 aliphatic carbocycles. The number of hydrogen-bond acceptors (Lipinski definition) is 3. The minimum absolute atomic E-state index is 0.338. The van der Waals surface area contributed by atoms with Crippen molar-refractivity contribution in [2.75, 3.05) is 32.5 Å². The number of aliphatic hydroxyl groups excluding tert-OH is 1. The Labute approximate surface area is 93.1 Å². The van der Waals surface area contributed by atoms with Gasteiger partial charge in [-0.1, -0.05) is 0 Å². The van der Waals surface area contributed by atoms with Crippen LogP contribution in [0.5, 0.6) is 0 Å². The second-order valence-corrected chi connectivity index (χ2v) is 5.00. The Morgan fingerprint density at radius 3 is 2.50 bits per heavy atom. The summed E-state index contributed by atoms with van der Waals surface area (Å²) >= 11 is 4.40. The molecule has 0 heterocycles. The third-order valence-electron chi connectivity index (χ3n) is 3.10. The molecule has 0 unspecified atom stereocenters. The number of thiol groups is 1. The maximum absolute atomic E-state index is 8.64. The molecule has 0 aromatic heterocycles. The molecular formula is C11H23NOS. The van der Waals surface area contributed by atoms with Crippen molar-refractivity contribution in [2.24, 2.45) is 5.41 Å². The van der Waals surface area contributed by atoms with Gasteiger partial charge < -0.3 is 10.0 Å². The normalized spacial score (nSPS) is 18.9. The standard InChI is InChI=1S/C11H23NOS/c1-12(7-3-2-4-8-13)9-11(10-14)5-6-11/h13-14H,2-10H2,1H3. The highest BCUT2D eigenvalue weighted by Gasteiger charge is 2.41. The fraction of sp³-hybridized carbons (Fsp3) is 1.00. The van der Waals surface area contributed by atoms with Gasteiger partial charge in [-0.25, -0.2) is 0 Å². The third-order valence-corrected chi connectivity index (χ3v) is 3.77. The van der Waals surface area contributed by atoms with Gasteiger partial charge in [0.1, 0.15) is 0 Å². The molecule has 0 atom stereocenters. The average Bonchev–Trinajstić information content (AvgIpc) is 2.93. The molecule has 0 spiro atoms. The Balaban J connectivity index is 2.01. The van der Waals surface area contributed by atoms with Crippen LogP contribution in [-0.4, -0.2) is 42.5 Å². The summed E-state index contributed by atoms with van der Waals surface area (Å²) in [4.78, 5) is 2.42. The highest BCUT2D eigenvalue weighted by atomic mass is 32.1. The van der Waals surface area contributed by atoms with Gasteiger partial charge in [-0.3, -0.25) is 0 Å². The van der Waals surface area contributed by atoms with Gasteiger partial charge in [0.25, 0.3) is 0 Å². The van der Waals surface area contributed by atoms with Gasteiger partial charge in [-0.15, -0.1) is 0 Å². The molecule has 1 fully saturated rings. The molecule has 0 amide bonds. The zero-order valence-corrected chi connectivity index (χ0v) is 10.1. The van der Waals surface area contributed by atoms with Crippen molar-refractivity contribution >= 4 is 12.6 Å². The van der Waals surface area contributed by atoms with Crippen molar-refractivity contribution in [1.82, 2.24) is 4.90 Å². The zero-order chi connectivity index (χ0) is 10.4. The van der Waals surface area contributed by atoms with Crippen molar-refractivity contribution in [3.05, 3.63) is 0 Å². The highest BCUT2D eigenvalue weighted by Crippen LogP contribution is 2.46. The van der Waals surface area contributed by atoms with Crippen LogP contribution in [0.25, 0.3) is 0 Å².